The molecule has 1 saturated carbocycles. The van der Waals surface area contributed by atoms with Gasteiger partial charge in [0, 0.05) is 12.2 Å². The summed E-state index contributed by atoms with van der Waals surface area (Å²) < 4.78 is 1.96. The quantitative estimate of drug-likeness (QED) is 0.872. The Morgan fingerprint density at radius 2 is 2.00 bits per heavy atom. The molecular formula is C14H17N3. The van der Waals surface area contributed by atoms with E-state index in [0.29, 0.717) is 12.0 Å². The van der Waals surface area contributed by atoms with Crippen LogP contribution in [0.15, 0.2) is 42.7 Å². The second-order valence-electron chi connectivity index (χ2n) is 4.71. The number of nitrogens with zero attached hydrogens (tertiary/aromatic N) is 2. The zero-order chi connectivity index (χ0) is 11.7. The predicted molar refractivity (Wildman–Crippen MR) is 68.4 cm³/mol. The molecule has 0 radical (unpaired) electrons. The number of hydrogen-bond acceptors (Lipinski definition) is 2. The van der Waals surface area contributed by atoms with E-state index in [1.54, 1.807) is 0 Å². The maximum atomic E-state index is 4.44. The van der Waals surface area contributed by atoms with E-state index in [1.165, 1.54) is 18.4 Å². The molecule has 1 aromatic carbocycles. The lowest BCUT2D eigenvalue weighted by atomic mass is 9.77. The Morgan fingerprint density at radius 1 is 1.24 bits per heavy atom. The summed E-state index contributed by atoms with van der Waals surface area (Å²) in [6.45, 7) is 0. The van der Waals surface area contributed by atoms with Gasteiger partial charge in [-0.2, -0.15) is 5.10 Å². The Labute approximate surface area is 101 Å². The first kappa shape index (κ1) is 10.5. The van der Waals surface area contributed by atoms with E-state index in [9.17, 15) is 0 Å². The second-order valence-corrected chi connectivity index (χ2v) is 4.71. The molecule has 0 bridgehead atoms. The molecule has 1 fully saturated rings. The van der Waals surface area contributed by atoms with Gasteiger partial charge in [-0.1, -0.05) is 18.2 Å². The van der Waals surface area contributed by atoms with Gasteiger partial charge in [0.05, 0.1) is 11.9 Å². The summed E-state index contributed by atoms with van der Waals surface area (Å²) in [6.07, 6.45) is 6.63. The molecule has 3 nitrogen and oxygen atoms in total. The minimum atomic E-state index is 0.685. The Hall–Kier alpha value is -1.61. The third-order valence-corrected chi connectivity index (χ3v) is 3.64. The number of aromatic nitrogens is 2. The van der Waals surface area contributed by atoms with Crippen LogP contribution in [0.25, 0.3) is 5.69 Å². The van der Waals surface area contributed by atoms with Gasteiger partial charge in [-0.25, -0.2) is 4.68 Å². The summed E-state index contributed by atoms with van der Waals surface area (Å²) >= 11 is 0. The van der Waals surface area contributed by atoms with Crippen molar-refractivity contribution in [3.05, 3.63) is 48.3 Å². The van der Waals surface area contributed by atoms with E-state index in [1.807, 2.05) is 36.1 Å². The van der Waals surface area contributed by atoms with Crippen molar-refractivity contribution in [2.24, 2.45) is 0 Å². The molecule has 0 atom stereocenters. The highest BCUT2D eigenvalue weighted by molar-refractivity contribution is 5.32. The molecule has 17 heavy (non-hydrogen) atoms. The zero-order valence-corrected chi connectivity index (χ0v) is 10.0. The second kappa shape index (κ2) is 4.34. The Morgan fingerprint density at radius 3 is 2.71 bits per heavy atom. The molecule has 3 heteroatoms. The maximum Gasteiger partial charge on any atom is 0.0645 e. The van der Waals surface area contributed by atoms with Crippen LogP contribution in [-0.2, 0) is 0 Å². The number of nitrogens with one attached hydrogen (secondary N) is 1. The van der Waals surface area contributed by atoms with Crippen LogP contribution in [0.2, 0.25) is 0 Å². The van der Waals surface area contributed by atoms with Crippen LogP contribution in [0.3, 0.4) is 0 Å². The fraction of sp³-hybridized carbons (Fsp3) is 0.357. The Bertz CT molecular complexity index is 483. The van der Waals surface area contributed by atoms with Crippen molar-refractivity contribution in [2.45, 2.75) is 24.8 Å². The van der Waals surface area contributed by atoms with Crippen LogP contribution >= 0.6 is 0 Å². The molecule has 2 aromatic rings. The fourth-order valence-corrected chi connectivity index (χ4v) is 2.40. The molecule has 0 spiro atoms. The lowest BCUT2D eigenvalue weighted by molar-refractivity contribution is 0.307. The summed E-state index contributed by atoms with van der Waals surface area (Å²) in [5, 5.41) is 7.75. The van der Waals surface area contributed by atoms with E-state index < -0.39 is 0 Å². The van der Waals surface area contributed by atoms with Crippen molar-refractivity contribution in [3.63, 3.8) is 0 Å². The van der Waals surface area contributed by atoms with Gasteiger partial charge in [0.25, 0.3) is 0 Å². The van der Waals surface area contributed by atoms with E-state index >= 15 is 0 Å². The van der Waals surface area contributed by atoms with E-state index in [0.717, 1.165) is 5.69 Å². The number of rotatable bonds is 3. The molecule has 1 heterocycles. The van der Waals surface area contributed by atoms with Crippen LogP contribution in [0.4, 0.5) is 0 Å². The van der Waals surface area contributed by atoms with Gasteiger partial charge in [0.2, 0.25) is 0 Å². The lowest BCUT2D eigenvalue weighted by Gasteiger charge is -2.34. The molecule has 0 saturated heterocycles. The van der Waals surface area contributed by atoms with Gasteiger partial charge in [-0.15, -0.1) is 0 Å². The van der Waals surface area contributed by atoms with Gasteiger partial charge >= 0.3 is 0 Å². The summed E-state index contributed by atoms with van der Waals surface area (Å²) in [6, 6.07) is 11.0. The molecule has 0 amide bonds. The summed E-state index contributed by atoms with van der Waals surface area (Å²) in [5.41, 5.74) is 2.49. The summed E-state index contributed by atoms with van der Waals surface area (Å²) in [5.74, 6) is 0.685. The van der Waals surface area contributed by atoms with Gasteiger partial charge < -0.3 is 5.32 Å². The normalized spacial score (nSPS) is 23.4. The van der Waals surface area contributed by atoms with E-state index in [-0.39, 0.29) is 0 Å². The lowest BCUT2D eigenvalue weighted by Crippen LogP contribution is -2.37. The van der Waals surface area contributed by atoms with Gasteiger partial charge in [0.15, 0.2) is 0 Å². The third-order valence-electron chi connectivity index (χ3n) is 3.64. The van der Waals surface area contributed by atoms with Crippen molar-refractivity contribution >= 4 is 0 Å². The molecule has 1 aromatic heterocycles. The van der Waals surface area contributed by atoms with Crippen molar-refractivity contribution < 1.29 is 0 Å². The molecule has 88 valence electrons. The number of para-hydroxylation sites is 1. The van der Waals surface area contributed by atoms with Crippen molar-refractivity contribution in [1.82, 2.24) is 15.1 Å². The largest absolute Gasteiger partial charge is 0.317 e. The smallest absolute Gasteiger partial charge is 0.0645 e. The van der Waals surface area contributed by atoms with Crippen LogP contribution in [0.1, 0.15) is 24.3 Å². The molecular weight excluding hydrogens is 210 g/mol. The molecule has 1 aliphatic carbocycles. The van der Waals surface area contributed by atoms with Crippen LogP contribution in [-0.4, -0.2) is 22.9 Å². The van der Waals surface area contributed by atoms with E-state index in [2.05, 4.69) is 28.7 Å². The fourth-order valence-electron chi connectivity index (χ4n) is 2.40. The molecule has 3 rings (SSSR count). The minimum Gasteiger partial charge on any atom is -0.317 e. The van der Waals surface area contributed by atoms with Crippen molar-refractivity contribution in [2.75, 3.05) is 7.05 Å². The first-order chi connectivity index (χ1) is 8.36. The average molecular weight is 227 g/mol. The Balaban J connectivity index is 1.76. The third kappa shape index (κ3) is 1.98. The van der Waals surface area contributed by atoms with Gasteiger partial charge in [0.1, 0.15) is 0 Å². The molecule has 1 aliphatic rings. The van der Waals surface area contributed by atoms with Crippen molar-refractivity contribution in [1.29, 1.82) is 0 Å². The minimum absolute atomic E-state index is 0.685. The highest BCUT2D eigenvalue weighted by Gasteiger charge is 2.29. The molecule has 1 N–H and O–H groups in total. The van der Waals surface area contributed by atoms with Crippen LogP contribution in [0, 0.1) is 0 Å². The number of hydrogen-bond donors (Lipinski definition) is 1. The molecule has 0 aliphatic heterocycles. The first-order valence-corrected chi connectivity index (χ1v) is 6.14. The topological polar surface area (TPSA) is 29.9 Å². The monoisotopic (exact) mass is 227 g/mol. The number of benzene rings is 1. The highest BCUT2D eigenvalue weighted by Crippen LogP contribution is 2.36. The summed E-state index contributed by atoms with van der Waals surface area (Å²) in [7, 11) is 2.04. The van der Waals surface area contributed by atoms with Crippen molar-refractivity contribution in [3.8, 4) is 5.69 Å². The van der Waals surface area contributed by atoms with Gasteiger partial charge in [-0.3, -0.25) is 0 Å². The average Bonchev–Trinajstić information content (AvgIpc) is 2.78. The maximum absolute atomic E-state index is 4.44. The van der Waals surface area contributed by atoms with Crippen LogP contribution < -0.4 is 5.32 Å². The zero-order valence-electron chi connectivity index (χ0n) is 10.0. The first-order valence-electron chi connectivity index (χ1n) is 6.14. The predicted octanol–water partition coefficient (Wildman–Crippen LogP) is 2.34. The standard InChI is InChI=1S/C14H17N3/c1-15-13-7-11(8-13)12-9-16-17(10-12)14-5-3-2-4-6-14/h2-6,9-11,13,15H,7-8H2,1H3. The highest BCUT2D eigenvalue weighted by atomic mass is 15.3. The SMILES string of the molecule is CNC1CC(c2cnn(-c3ccccc3)c2)C1. The summed E-state index contributed by atoms with van der Waals surface area (Å²) in [4.78, 5) is 0. The van der Waals surface area contributed by atoms with Gasteiger partial charge in [-0.05, 0) is 43.5 Å². The Kier molecular flexibility index (Phi) is 2.69. The van der Waals surface area contributed by atoms with Crippen LogP contribution in [0.5, 0.6) is 0 Å². The van der Waals surface area contributed by atoms with E-state index in [4.69, 9.17) is 0 Å². The molecule has 0 unspecified atom stereocenters.